The van der Waals surface area contributed by atoms with Crippen LogP contribution in [0.1, 0.15) is 6.92 Å². The van der Waals surface area contributed by atoms with Gasteiger partial charge in [0.1, 0.15) is 5.69 Å². The fraction of sp³-hybridized carbons (Fsp3) is 0.455. The van der Waals surface area contributed by atoms with E-state index in [9.17, 15) is 10.1 Å². The predicted molar refractivity (Wildman–Crippen MR) is 60.7 cm³/mol. The van der Waals surface area contributed by atoms with E-state index in [1.54, 1.807) is 12.1 Å². The van der Waals surface area contributed by atoms with Crippen LogP contribution in [0.25, 0.3) is 0 Å². The van der Waals surface area contributed by atoms with Crippen molar-refractivity contribution in [2.75, 3.05) is 24.6 Å². The molecular weight excluding hydrogens is 208 g/mol. The molecule has 1 heterocycles. The molecule has 1 fully saturated rings. The number of ether oxygens (including phenoxy) is 1. The van der Waals surface area contributed by atoms with Gasteiger partial charge in [-0.05, 0) is 13.0 Å². The van der Waals surface area contributed by atoms with Gasteiger partial charge in [-0.25, -0.2) is 0 Å². The van der Waals surface area contributed by atoms with Crippen LogP contribution in [-0.2, 0) is 4.74 Å². The third-order valence-electron chi connectivity index (χ3n) is 2.66. The molecule has 0 radical (unpaired) electrons. The Morgan fingerprint density at radius 2 is 2.25 bits per heavy atom. The summed E-state index contributed by atoms with van der Waals surface area (Å²) in [6, 6.07) is 6.83. The first-order valence-electron chi connectivity index (χ1n) is 5.28. The maximum absolute atomic E-state index is 10.9. The topological polar surface area (TPSA) is 55.6 Å². The SMILES string of the molecule is CC1CN(c2ccccc2[N+](=O)[O-])CCO1. The lowest BCUT2D eigenvalue weighted by atomic mass is 10.2. The lowest BCUT2D eigenvalue weighted by Gasteiger charge is -2.32. The third-order valence-corrected chi connectivity index (χ3v) is 2.66. The number of hydrogen-bond donors (Lipinski definition) is 0. The van der Waals surface area contributed by atoms with Gasteiger partial charge in [-0.2, -0.15) is 0 Å². The monoisotopic (exact) mass is 222 g/mol. The first-order valence-corrected chi connectivity index (χ1v) is 5.28. The molecule has 16 heavy (non-hydrogen) atoms. The highest BCUT2D eigenvalue weighted by Gasteiger charge is 2.23. The smallest absolute Gasteiger partial charge is 0.292 e. The Kier molecular flexibility index (Phi) is 3.05. The number of anilines is 1. The van der Waals surface area contributed by atoms with Crippen LogP contribution in [0.3, 0.4) is 0 Å². The summed E-state index contributed by atoms with van der Waals surface area (Å²) in [5.41, 5.74) is 0.847. The fourth-order valence-electron chi connectivity index (χ4n) is 1.92. The molecule has 1 aliphatic rings. The molecule has 5 nitrogen and oxygen atoms in total. The predicted octanol–water partition coefficient (Wildman–Crippen LogP) is 1.82. The number of rotatable bonds is 2. The average molecular weight is 222 g/mol. The molecule has 0 aliphatic carbocycles. The summed E-state index contributed by atoms with van der Waals surface area (Å²) in [6.45, 7) is 3.99. The summed E-state index contributed by atoms with van der Waals surface area (Å²) in [4.78, 5) is 12.6. The Balaban J connectivity index is 2.28. The second kappa shape index (κ2) is 4.49. The van der Waals surface area contributed by atoms with E-state index in [0.717, 1.165) is 0 Å². The lowest BCUT2D eigenvalue weighted by molar-refractivity contribution is -0.384. The van der Waals surface area contributed by atoms with Gasteiger partial charge in [0.2, 0.25) is 0 Å². The summed E-state index contributed by atoms with van der Waals surface area (Å²) in [6.07, 6.45) is 0.119. The van der Waals surface area contributed by atoms with E-state index in [-0.39, 0.29) is 16.7 Å². The summed E-state index contributed by atoms with van der Waals surface area (Å²) in [5, 5.41) is 10.9. The third kappa shape index (κ3) is 2.14. The summed E-state index contributed by atoms with van der Waals surface area (Å²) in [7, 11) is 0. The van der Waals surface area contributed by atoms with E-state index in [2.05, 4.69) is 0 Å². The van der Waals surface area contributed by atoms with Crippen LogP contribution >= 0.6 is 0 Å². The van der Waals surface area contributed by atoms with Crippen molar-refractivity contribution >= 4 is 11.4 Å². The molecule has 1 atom stereocenters. The van der Waals surface area contributed by atoms with Gasteiger partial charge in [0.15, 0.2) is 0 Å². The normalized spacial score (nSPS) is 20.8. The van der Waals surface area contributed by atoms with Crippen LogP contribution in [-0.4, -0.2) is 30.7 Å². The van der Waals surface area contributed by atoms with Gasteiger partial charge in [-0.1, -0.05) is 12.1 Å². The molecule has 1 aliphatic heterocycles. The zero-order valence-corrected chi connectivity index (χ0v) is 9.13. The zero-order chi connectivity index (χ0) is 11.5. The van der Waals surface area contributed by atoms with Crippen LogP contribution in [0.5, 0.6) is 0 Å². The van der Waals surface area contributed by atoms with Crippen LogP contribution < -0.4 is 4.90 Å². The molecule has 0 amide bonds. The van der Waals surface area contributed by atoms with Crippen molar-refractivity contribution in [3.8, 4) is 0 Å². The highest BCUT2D eigenvalue weighted by molar-refractivity contribution is 5.63. The molecule has 1 saturated heterocycles. The number of morpholine rings is 1. The van der Waals surface area contributed by atoms with Crippen molar-refractivity contribution in [3.05, 3.63) is 34.4 Å². The minimum absolute atomic E-state index is 0.119. The Morgan fingerprint density at radius 1 is 1.50 bits per heavy atom. The van der Waals surface area contributed by atoms with Crippen molar-refractivity contribution in [2.45, 2.75) is 13.0 Å². The van der Waals surface area contributed by atoms with Crippen LogP contribution in [0.15, 0.2) is 24.3 Å². The van der Waals surface area contributed by atoms with E-state index in [4.69, 9.17) is 4.74 Å². The highest BCUT2D eigenvalue weighted by Crippen LogP contribution is 2.28. The second-order valence-corrected chi connectivity index (χ2v) is 3.87. The van der Waals surface area contributed by atoms with Crippen molar-refractivity contribution in [1.29, 1.82) is 0 Å². The number of nitrogens with zero attached hydrogens (tertiary/aromatic N) is 2. The maximum atomic E-state index is 10.9. The van der Waals surface area contributed by atoms with Gasteiger partial charge in [-0.15, -0.1) is 0 Å². The van der Waals surface area contributed by atoms with Crippen LogP contribution in [0.2, 0.25) is 0 Å². The van der Waals surface area contributed by atoms with Gasteiger partial charge in [-0.3, -0.25) is 10.1 Å². The van der Waals surface area contributed by atoms with Crippen molar-refractivity contribution < 1.29 is 9.66 Å². The van der Waals surface area contributed by atoms with Gasteiger partial charge in [0, 0.05) is 19.2 Å². The Labute approximate surface area is 93.8 Å². The average Bonchev–Trinajstić information content (AvgIpc) is 2.29. The molecule has 0 spiro atoms. The van der Waals surface area contributed by atoms with Crippen molar-refractivity contribution in [1.82, 2.24) is 0 Å². The zero-order valence-electron chi connectivity index (χ0n) is 9.13. The van der Waals surface area contributed by atoms with Crippen LogP contribution in [0, 0.1) is 10.1 Å². The van der Waals surface area contributed by atoms with E-state index in [0.29, 0.717) is 25.4 Å². The molecule has 1 aromatic carbocycles. The Morgan fingerprint density at radius 3 is 2.94 bits per heavy atom. The van der Waals surface area contributed by atoms with E-state index in [1.807, 2.05) is 17.9 Å². The number of nitro groups is 1. The van der Waals surface area contributed by atoms with E-state index >= 15 is 0 Å². The lowest BCUT2D eigenvalue weighted by Crippen LogP contribution is -2.41. The summed E-state index contributed by atoms with van der Waals surface area (Å²) in [5.74, 6) is 0. The Bertz CT molecular complexity index is 395. The number of hydrogen-bond acceptors (Lipinski definition) is 4. The summed E-state index contributed by atoms with van der Waals surface area (Å²) < 4.78 is 5.42. The molecular formula is C11H14N2O3. The number of nitro benzene ring substituents is 1. The second-order valence-electron chi connectivity index (χ2n) is 3.87. The van der Waals surface area contributed by atoms with Gasteiger partial charge >= 0.3 is 0 Å². The molecule has 1 aromatic rings. The largest absolute Gasteiger partial charge is 0.375 e. The number of benzene rings is 1. The van der Waals surface area contributed by atoms with E-state index in [1.165, 1.54) is 6.07 Å². The Hall–Kier alpha value is -1.62. The van der Waals surface area contributed by atoms with Crippen molar-refractivity contribution in [2.24, 2.45) is 0 Å². The minimum Gasteiger partial charge on any atom is -0.375 e. The quantitative estimate of drug-likeness (QED) is 0.565. The molecule has 0 saturated carbocycles. The van der Waals surface area contributed by atoms with Crippen molar-refractivity contribution in [3.63, 3.8) is 0 Å². The minimum atomic E-state index is -0.338. The van der Waals surface area contributed by atoms with Crippen LogP contribution in [0.4, 0.5) is 11.4 Å². The molecule has 1 unspecified atom stereocenters. The first kappa shape index (κ1) is 10.9. The molecule has 0 N–H and O–H groups in total. The van der Waals surface area contributed by atoms with Gasteiger partial charge in [0.25, 0.3) is 5.69 Å². The molecule has 2 rings (SSSR count). The highest BCUT2D eigenvalue weighted by atomic mass is 16.6. The molecule has 0 aromatic heterocycles. The number of para-hydroxylation sites is 2. The van der Waals surface area contributed by atoms with E-state index < -0.39 is 0 Å². The fourth-order valence-corrected chi connectivity index (χ4v) is 1.92. The molecule has 86 valence electrons. The first-order chi connectivity index (χ1) is 7.68. The van der Waals surface area contributed by atoms with Gasteiger partial charge in [0.05, 0.1) is 17.6 Å². The summed E-state index contributed by atoms with van der Waals surface area (Å²) >= 11 is 0. The van der Waals surface area contributed by atoms with Gasteiger partial charge < -0.3 is 9.64 Å². The molecule has 5 heteroatoms. The standard InChI is InChI=1S/C11H14N2O3/c1-9-8-12(6-7-16-9)10-4-2-3-5-11(10)13(14)15/h2-5,9H,6-8H2,1H3. The maximum Gasteiger partial charge on any atom is 0.292 e. The molecule has 0 bridgehead atoms.